The van der Waals surface area contributed by atoms with E-state index in [2.05, 4.69) is 31.7 Å². The molecule has 0 aliphatic heterocycles. The third kappa shape index (κ3) is 4.08. The second kappa shape index (κ2) is 6.84. The van der Waals surface area contributed by atoms with Crippen LogP contribution in [0.3, 0.4) is 0 Å². The van der Waals surface area contributed by atoms with Crippen molar-refractivity contribution in [2.75, 3.05) is 17.2 Å². The van der Waals surface area contributed by atoms with Crippen LogP contribution in [0.4, 0.5) is 24.5 Å². The van der Waals surface area contributed by atoms with E-state index in [1.54, 1.807) is 18.7 Å². The Labute approximate surface area is 145 Å². The van der Waals surface area contributed by atoms with Crippen molar-refractivity contribution in [3.63, 3.8) is 0 Å². The van der Waals surface area contributed by atoms with Crippen LogP contribution in [0.15, 0.2) is 22.7 Å². The molecule has 0 radical (unpaired) electrons. The van der Waals surface area contributed by atoms with E-state index < -0.39 is 11.7 Å². The lowest BCUT2D eigenvalue weighted by atomic mass is 10.2. The van der Waals surface area contributed by atoms with Gasteiger partial charge in [0.1, 0.15) is 0 Å². The smallest absolute Gasteiger partial charge is 0.376 e. The molecule has 0 atom stereocenters. The highest BCUT2D eigenvalue weighted by Crippen LogP contribution is 2.36. The van der Waals surface area contributed by atoms with Crippen LogP contribution < -0.4 is 10.6 Å². The third-order valence-electron chi connectivity index (χ3n) is 3.50. The Morgan fingerprint density at radius 3 is 2.54 bits per heavy atom. The van der Waals surface area contributed by atoms with Crippen LogP contribution in [-0.2, 0) is 18.0 Å². The lowest BCUT2D eigenvalue weighted by Gasteiger charge is -2.12. The summed E-state index contributed by atoms with van der Waals surface area (Å²) in [6.07, 6.45) is -4.47. The number of alkyl halides is 3. The number of benzene rings is 1. The van der Waals surface area contributed by atoms with E-state index in [1.807, 2.05) is 6.92 Å². The molecule has 2 N–H and O–H groups in total. The molecule has 0 unspecified atom stereocenters. The summed E-state index contributed by atoms with van der Waals surface area (Å²) in [5.41, 5.74) is 1.48. The molecule has 5 nitrogen and oxygen atoms in total. The van der Waals surface area contributed by atoms with Crippen LogP contribution in [0.5, 0.6) is 0 Å². The average molecular weight is 405 g/mol. The van der Waals surface area contributed by atoms with E-state index in [0.717, 1.165) is 11.8 Å². The van der Waals surface area contributed by atoms with Gasteiger partial charge in [0.25, 0.3) is 0 Å². The van der Waals surface area contributed by atoms with Crippen LogP contribution >= 0.6 is 15.9 Å². The number of amides is 1. The summed E-state index contributed by atoms with van der Waals surface area (Å²) in [6.45, 7) is 3.42. The maximum atomic E-state index is 12.9. The van der Waals surface area contributed by atoms with Crippen molar-refractivity contribution in [1.29, 1.82) is 0 Å². The number of halogens is 4. The highest BCUT2D eigenvalue weighted by Gasteiger charge is 2.33. The highest BCUT2D eigenvalue weighted by atomic mass is 79.9. The Hall–Kier alpha value is -2.03. The molecule has 1 heterocycles. The molecule has 24 heavy (non-hydrogen) atoms. The summed E-state index contributed by atoms with van der Waals surface area (Å²) in [6, 6.07) is 3.71. The molecule has 0 saturated heterocycles. The fourth-order valence-corrected chi connectivity index (χ4v) is 2.64. The number of aryl methyl sites for hydroxylation is 2. The summed E-state index contributed by atoms with van der Waals surface area (Å²) in [7, 11) is 1.76. The number of aromatic nitrogens is 2. The van der Waals surface area contributed by atoms with Crippen molar-refractivity contribution in [2.45, 2.75) is 20.0 Å². The molecule has 0 aliphatic carbocycles. The van der Waals surface area contributed by atoms with Crippen LogP contribution in [0.2, 0.25) is 0 Å². The SMILES string of the molecule is Cc1nn(C)c(C)c1NC(=O)CNc1ccc(Br)c(C(F)(F)F)c1. The van der Waals surface area contributed by atoms with Gasteiger partial charge in [-0.05, 0) is 32.0 Å². The molecule has 0 spiro atoms. The maximum Gasteiger partial charge on any atom is 0.417 e. The number of carbonyl (C=O) groups is 1. The van der Waals surface area contributed by atoms with Gasteiger partial charge in [-0.2, -0.15) is 18.3 Å². The molecule has 0 bridgehead atoms. The van der Waals surface area contributed by atoms with Crippen LogP contribution in [0.1, 0.15) is 17.0 Å². The predicted molar refractivity (Wildman–Crippen MR) is 88.9 cm³/mol. The standard InChI is InChI=1S/C15H16BrF3N4O/c1-8-14(9(2)23(3)22-8)21-13(24)7-20-10-4-5-12(16)11(6-10)15(17,18)19/h4-6,20H,7H2,1-3H3,(H,21,24). The van der Waals surface area contributed by atoms with Gasteiger partial charge >= 0.3 is 6.18 Å². The first-order valence-corrected chi connectivity index (χ1v) is 7.79. The van der Waals surface area contributed by atoms with Crippen molar-refractivity contribution in [1.82, 2.24) is 9.78 Å². The van der Waals surface area contributed by atoms with Crippen LogP contribution in [-0.4, -0.2) is 22.2 Å². The van der Waals surface area contributed by atoms with Gasteiger partial charge in [0.15, 0.2) is 0 Å². The number of carbonyl (C=O) groups excluding carboxylic acids is 1. The quantitative estimate of drug-likeness (QED) is 0.812. The lowest BCUT2D eigenvalue weighted by Crippen LogP contribution is -2.22. The van der Waals surface area contributed by atoms with Gasteiger partial charge in [-0.3, -0.25) is 9.48 Å². The Morgan fingerprint density at radius 1 is 1.33 bits per heavy atom. The van der Waals surface area contributed by atoms with Crippen molar-refractivity contribution < 1.29 is 18.0 Å². The number of rotatable bonds is 4. The normalized spacial score (nSPS) is 11.5. The molecule has 1 aromatic heterocycles. The van der Waals surface area contributed by atoms with Gasteiger partial charge < -0.3 is 10.6 Å². The van der Waals surface area contributed by atoms with Crippen LogP contribution in [0.25, 0.3) is 0 Å². The van der Waals surface area contributed by atoms with Gasteiger partial charge in [0.2, 0.25) is 5.91 Å². The number of nitrogens with zero attached hydrogens (tertiary/aromatic N) is 2. The van der Waals surface area contributed by atoms with Crippen LogP contribution in [0, 0.1) is 13.8 Å². The Balaban J connectivity index is 2.04. The fourth-order valence-electron chi connectivity index (χ4n) is 2.17. The van der Waals surface area contributed by atoms with Gasteiger partial charge in [-0.1, -0.05) is 15.9 Å². The predicted octanol–water partition coefficient (Wildman–Crippen LogP) is 3.87. The first-order chi connectivity index (χ1) is 11.1. The van der Waals surface area contributed by atoms with E-state index in [4.69, 9.17) is 0 Å². The Kier molecular flexibility index (Phi) is 5.22. The van der Waals surface area contributed by atoms with E-state index in [-0.39, 0.29) is 22.6 Å². The van der Waals surface area contributed by atoms with E-state index in [9.17, 15) is 18.0 Å². The van der Waals surface area contributed by atoms with Crippen molar-refractivity contribution in [3.05, 3.63) is 39.6 Å². The molecule has 0 fully saturated rings. The number of nitrogens with one attached hydrogen (secondary N) is 2. The van der Waals surface area contributed by atoms with Gasteiger partial charge in [-0.15, -0.1) is 0 Å². The Bertz CT molecular complexity index is 771. The summed E-state index contributed by atoms with van der Waals surface area (Å²) < 4.78 is 40.2. The second-order valence-electron chi connectivity index (χ2n) is 5.26. The van der Waals surface area contributed by atoms with Crippen molar-refractivity contribution in [2.24, 2.45) is 7.05 Å². The third-order valence-corrected chi connectivity index (χ3v) is 4.19. The molecule has 0 saturated carbocycles. The molecular formula is C15H16BrF3N4O. The molecule has 1 aromatic carbocycles. The largest absolute Gasteiger partial charge is 0.417 e. The van der Waals surface area contributed by atoms with Gasteiger partial charge in [0, 0.05) is 17.2 Å². The fraction of sp³-hybridized carbons (Fsp3) is 0.333. The minimum absolute atomic E-state index is 0.0494. The number of hydrogen-bond acceptors (Lipinski definition) is 3. The summed E-state index contributed by atoms with van der Waals surface area (Å²) >= 11 is 2.87. The molecule has 0 aliphatic rings. The minimum atomic E-state index is -4.47. The lowest BCUT2D eigenvalue weighted by molar-refractivity contribution is -0.138. The molecule has 130 valence electrons. The zero-order valence-corrected chi connectivity index (χ0v) is 14.8. The van der Waals surface area contributed by atoms with Gasteiger partial charge in [-0.25, -0.2) is 0 Å². The van der Waals surface area contributed by atoms with E-state index in [0.29, 0.717) is 11.4 Å². The van der Waals surface area contributed by atoms with Gasteiger partial charge in [0.05, 0.1) is 29.2 Å². The first-order valence-electron chi connectivity index (χ1n) is 7.00. The van der Waals surface area contributed by atoms with E-state index >= 15 is 0 Å². The van der Waals surface area contributed by atoms with Crippen molar-refractivity contribution >= 4 is 33.2 Å². The monoisotopic (exact) mass is 404 g/mol. The molecule has 9 heteroatoms. The molecular weight excluding hydrogens is 389 g/mol. The topological polar surface area (TPSA) is 59.0 Å². The molecule has 2 rings (SSSR count). The summed E-state index contributed by atoms with van der Waals surface area (Å²) in [5.74, 6) is -0.370. The zero-order valence-electron chi connectivity index (χ0n) is 13.3. The molecule has 1 amide bonds. The van der Waals surface area contributed by atoms with E-state index in [1.165, 1.54) is 12.1 Å². The molecule has 2 aromatic rings. The van der Waals surface area contributed by atoms with Crippen molar-refractivity contribution in [3.8, 4) is 0 Å². The highest BCUT2D eigenvalue weighted by molar-refractivity contribution is 9.10. The maximum absolute atomic E-state index is 12.9. The first kappa shape index (κ1) is 18.3. The zero-order chi connectivity index (χ0) is 18.1. The average Bonchev–Trinajstić information content (AvgIpc) is 2.71. The number of anilines is 2. The number of hydrogen-bond donors (Lipinski definition) is 2. The second-order valence-corrected chi connectivity index (χ2v) is 6.12. The Morgan fingerprint density at radius 2 is 2.00 bits per heavy atom. The summed E-state index contributed by atoms with van der Waals surface area (Å²) in [5, 5.41) is 9.58. The summed E-state index contributed by atoms with van der Waals surface area (Å²) in [4.78, 5) is 12.0. The minimum Gasteiger partial charge on any atom is -0.376 e.